The first-order valence-electron chi connectivity index (χ1n) is 11.8. The van der Waals surface area contributed by atoms with E-state index in [0.29, 0.717) is 42.7 Å². The van der Waals surface area contributed by atoms with Crippen LogP contribution < -0.4 is 14.9 Å². The van der Waals surface area contributed by atoms with Crippen LogP contribution in [-0.4, -0.2) is 22.1 Å². The van der Waals surface area contributed by atoms with Crippen molar-refractivity contribution >= 4 is 68.2 Å². The summed E-state index contributed by atoms with van der Waals surface area (Å²) in [5, 5.41) is 12.1. The molecular weight excluding hydrogens is 645 g/mol. The van der Waals surface area contributed by atoms with Crippen molar-refractivity contribution in [3.63, 3.8) is 0 Å². The molecule has 3 heterocycles. The SMILES string of the molecule is CCOC(=O)C1=C(C)N=c2s/c(=C\c3ccc(-c4cc(Cl)c(Br)c([N+](=O)[O-])c4)o3)c(=O)n2[C@H]1c1ccc(Cl)cc1. The van der Waals surface area contributed by atoms with E-state index in [1.54, 1.807) is 62.4 Å². The van der Waals surface area contributed by atoms with E-state index in [-0.39, 0.29) is 32.9 Å². The quantitative estimate of drug-likeness (QED) is 0.141. The van der Waals surface area contributed by atoms with E-state index in [1.165, 1.54) is 10.6 Å². The number of rotatable bonds is 6. The lowest BCUT2D eigenvalue weighted by Crippen LogP contribution is -2.39. The molecule has 0 aliphatic carbocycles. The number of carbonyl (C=O) groups is 1. The van der Waals surface area contributed by atoms with Gasteiger partial charge in [-0.3, -0.25) is 19.5 Å². The number of benzene rings is 2. The summed E-state index contributed by atoms with van der Waals surface area (Å²) in [4.78, 5) is 42.5. The lowest BCUT2D eigenvalue weighted by atomic mass is 9.96. The summed E-state index contributed by atoms with van der Waals surface area (Å²) < 4.78 is 13.1. The standard InChI is InChI=1S/C27H18BrCl2N3O6S/c1-3-38-26(35)22-13(2)31-27-32(24(22)14-4-6-16(29)7-5-14)25(34)21(40-27)12-17-8-9-20(39-17)15-10-18(30)23(28)19(11-15)33(36)37/h4-12,24H,3H2,1-2H3/b21-12-/t24-/m0/s1. The number of hydrogen-bond acceptors (Lipinski definition) is 8. The van der Waals surface area contributed by atoms with Gasteiger partial charge in [0, 0.05) is 22.7 Å². The third-order valence-electron chi connectivity index (χ3n) is 6.09. The van der Waals surface area contributed by atoms with E-state index in [1.807, 2.05) is 0 Å². The highest BCUT2D eigenvalue weighted by Crippen LogP contribution is 2.37. The fourth-order valence-electron chi connectivity index (χ4n) is 4.32. The number of thiazole rings is 1. The van der Waals surface area contributed by atoms with Crippen LogP contribution in [0.1, 0.15) is 31.2 Å². The third kappa shape index (κ3) is 5.17. The Morgan fingerprint density at radius 3 is 2.65 bits per heavy atom. The van der Waals surface area contributed by atoms with Gasteiger partial charge in [0.2, 0.25) is 0 Å². The highest BCUT2D eigenvalue weighted by molar-refractivity contribution is 9.10. The molecule has 0 fully saturated rings. The lowest BCUT2D eigenvalue weighted by molar-refractivity contribution is -0.385. The Hall–Kier alpha value is -3.51. The molecule has 0 unspecified atom stereocenters. The monoisotopic (exact) mass is 661 g/mol. The smallest absolute Gasteiger partial charge is 0.338 e. The molecule has 1 aliphatic rings. The molecule has 4 aromatic rings. The second-order valence-corrected chi connectivity index (χ2v) is 11.2. The second-order valence-electron chi connectivity index (χ2n) is 8.60. The number of nitro benzene ring substituents is 1. The van der Waals surface area contributed by atoms with Crippen LogP contribution in [0.4, 0.5) is 5.69 Å². The molecule has 1 aliphatic heterocycles. The zero-order chi connectivity index (χ0) is 28.7. The van der Waals surface area contributed by atoms with Crippen LogP contribution >= 0.6 is 50.5 Å². The summed E-state index contributed by atoms with van der Waals surface area (Å²) in [6.07, 6.45) is 1.56. The zero-order valence-corrected chi connectivity index (χ0v) is 24.7. The Kier molecular flexibility index (Phi) is 7.83. The van der Waals surface area contributed by atoms with E-state index < -0.39 is 16.9 Å². The molecule has 0 saturated heterocycles. The molecule has 2 aromatic heterocycles. The third-order valence-corrected chi connectivity index (χ3v) is 8.69. The van der Waals surface area contributed by atoms with E-state index >= 15 is 0 Å². The van der Waals surface area contributed by atoms with E-state index in [0.717, 1.165) is 11.3 Å². The van der Waals surface area contributed by atoms with Crippen LogP contribution in [-0.2, 0) is 9.53 Å². The van der Waals surface area contributed by atoms with Crippen LogP contribution in [0.25, 0.3) is 17.4 Å². The van der Waals surface area contributed by atoms with E-state index in [4.69, 9.17) is 32.4 Å². The van der Waals surface area contributed by atoms with Crippen molar-refractivity contribution in [3.05, 3.63) is 115 Å². The first-order valence-corrected chi connectivity index (χ1v) is 14.1. The first-order chi connectivity index (χ1) is 19.1. The molecule has 5 rings (SSSR count). The Morgan fingerprint density at radius 1 is 1.25 bits per heavy atom. The fraction of sp³-hybridized carbons (Fsp3) is 0.148. The molecule has 0 radical (unpaired) electrons. The molecule has 0 bridgehead atoms. The number of halogens is 3. The average Bonchev–Trinajstić information content (AvgIpc) is 3.49. The Morgan fingerprint density at radius 2 is 1.98 bits per heavy atom. The van der Waals surface area contributed by atoms with E-state index in [2.05, 4.69) is 20.9 Å². The molecule has 2 aromatic carbocycles. The van der Waals surface area contributed by atoms with Gasteiger partial charge in [0.25, 0.3) is 11.2 Å². The van der Waals surface area contributed by atoms with Crippen LogP contribution in [0, 0.1) is 10.1 Å². The maximum atomic E-state index is 13.7. The van der Waals surface area contributed by atoms with Crippen molar-refractivity contribution in [1.29, 1.82) is 0 Å². The lowest BCUT2D eigenvalue weighted by Gasteiger charge is -2.24. The Bertz CT molecular complexity index is 1890. The fourth-order valence-corrected chi connectivity index (χ4v) is 6.06. The van der Waals surface area contributed by atoms with Crippen LogP contribution in [0.15, 0.2) is 78.5 Å². The van der Waals surface area contributed by atoms with Gasteiger partial charge in [-0.25, -0.2) is 9.79 Å². The molecular formula is C27H18BrCl2N3O6S. The van der Waals surface area contributed by atoms with Crippen molar-refractivity contribution in [1.82, 2.24) is 4.57 Å². The number of ether oxygens (including phenoxy) is 1. The van der Waals surface area contributed by atoms with Crippen molar-refractivity contribution in [2.45, 2.75) is 19.9 Å². The number of fused-ring (bicyclic) bond motifs is 1. The molecule has 204 valence electrons. The van der Waals surface area contributed by atoms with Crippen molar-refractivity contribution in [3.8, 4) is 11.3 Å². The summed E-state index contributed by atoms with van der Waals surface area (Å²) in [5.41, 5.74) is 1.20. The summed E-state index contributed by atoms with van der Waals surface area (Å²) in [6, 6.07) is 12.3. The number of esters is 1. The number of nitrogens with zero attached hydrogens (tertiary/aromatic N) is 3. The van der Waals surface area contributed by atoms with Gasteiger partial charge in [0.15, 0.2) is 4.80 Å². The van der Waals surface area contributed by atoms with Crippen LogP contribution in [0.5, 0.6) is 0 Å². The summed E-state index contributed by atoms with van der Waals surface area (Å²) in [5.74, 6) is 0.109. The van der Waals surface area contributed by atoms with Crippen LogP contribution in [0.3, 0.4) is 0 Å². The van der Waals surface area contributed by atoms with Gasteiger partial charge in [0.1, 0.15) is 16.0 Å². The Balaban J connectivity index is 1.62. The van der Waals surface area contributed by atoms with Gasteiger partial charge in [-0.15, -0.1) is 0 Å². The highest BCUT2D eigenvalue weighted by Gasteiger charge is 2.33. The number of aromatic nitrogens is 1. The molecule has 9 nitrogen and oxygen atoms in total. The van der Waals surface area contributed by atoms with Crippen LogP contribution in [0.2, 0.25) is 10.0 Å². The van der Waals surface area contributed by atoms with Gasteiger partial charge in [0.05, 0.1) is 38.4 Å². The predicted molar refractivity (Wildman–Crippen MR) is 155 cm³/mol. The molecule has 0 amide bonds. The number of nitro groups is 1. The van der Waals surface area contributed by atoms with E-state index in [9.17, 15) is 19.7 Å². The summed E-state index contributed by atoms with van der Waals surface area (Å²) in [7, 11) is 0. The highest BCUT2D eigenvalue weighted by atomic mass is 79.9. The molecule has 0 saturated carbocycles. The minimum absolute atomic E-state index is 0.158. The molecule has 0 N–H and O–H groups in total. The largest absolute Gasteiger partial charge is 0.463 e. The summed E-state index contributed by atoms with van der Waals surface area (Å²) in [6.45, 7) is 3.58. The molecule has 40 heavy (non-hydrogen) atoms. The van der Waals surface area contributed by atoms with Crippen molar-refractivity contribution in [2.75, 3.05) is 6.61 Å². The predicted octanol–water partition coefficient (Wildman–Crippen LogP) is 6.04. The minimum Gasteiger partial charge on any atom is -0.463 e. The number of carbonyl (C=O) groups excluding carboxylic acids is 1. The molecule has 1 atom stereocenters. The average molecular weight is 663 g/mol. The molecule has 13 heteroatoms. The normalized spacial score (nSPS) is 15.1. The number of allylic oxidation sites excluding steroid dienone is 1. The first kappa shape index (κ1) is 28.0. The maximum absolute atomic E-state index is 13.7. The van der Waals surface area contributed by atoms with Gasteiger partial charge in [-0.1, -0.05) is 46.7 Å². The second kappa shape index (κ2) is 11.2. The molecule has 0 spiro atoms. The zero-order valence-electron chi connectivity index (χ0n) is 20.8. The summed E-state index contributed by atoms with van der Waals surface area (Å²) >= 11 is 16.5. The van der Waals surface area contributed by atoms with Crippen molar-refractivity contribution < 1.29 is 18.9 Å². The van der Waals surface area contributed by atoms with Gasteiger partial charge in [-0.2, -0.15) is 0 Å². The Labute approximate surface area is 248 Å². The maximum Gasteiger partial charge on any atom is 0.338 e. The topological polar surface area (TPSA) is 117 Å². The number of furan rings is 1. The van der Waals surface area contributed by atoms with Gasteiger partial charge < -0.3 is 9.15 Å². The number of hydrogen-bond donors (Lipinski definition) is 0. The van der Waals surface area contributed by atoms with Crippen molar-refractivity contribution in [2.24, 2.45) is 4.99 Å². The van der Waals surface area contributed by atoms with Gasteiger partial charge >= 0.3 is 5.97 Å². The minimum atomic E-state index is -0.771. The van der Waals surface area contributed by atoms with Gasteiger partial charge in [-0.05, 0) is 65.7 Å².